The highest BCUT2D eigenvalue weighted by Crippen LogP contribution is 2.26. The molecule has 3 aromatic rings. The van der Waals surface area contributed by atoms with Crippen LogP contribution < -0.4 is 5.73 Å². The van der Waals surface area contributed by atoms with Gasteiger partial charge in [0.25, 0.3) is 0 Å². The van der Waals surface area contributed by atoms with Gasteiger partial charge in [0, 0.05) is 10.9 Å². The Balaban J connectivity index is 1.92. The molecule has 0 aliphatic heterocycles. The molecule has 96 valence electrons. The number of hydrogen-bond acceptors (Lipinski definition) is 5. The smallest absolute Gasteiger partial charge is 0.248 e. The number of nitrogens with zero attached hydrogens (tertiary/aromatic N) is 2. The van der Waals surface area contributed by atoms with E-state index in [1.165, 1.54) is 0 Å². The summed E-state index contributed by atoms with van der Waals surface area (Å²) in [6, 6.07) is 9.34. The van der Waals surface area contributed by atoms with Crippen LogP contribution in [-0.4, -0.2) is 10.1 Å². The Morgan fingerprint density at radius 3 is 2.68 bits per heavy atom. The third kappa shape index (κ3) is 2.30. The van der Waals surface area contributed by atoms with Crippen LogP contribution in [0.5, 0.6) is 0 Å². The van der Waals surface area contributed by atoms with E-state index in [2.05, 4.69) is 15.5 Å². The predicted molar refractivity (Wildman–Crippen MR) is 74.8 cm³/mol. The predicted octanol–water partition coefficient (Wildman–Crippen LogP) is 3.15. The van der Waals surface area contributed by atoms with Gasteiger partial charge in [0.15, 0.2) is 0 Å². The molecule has 2 N–H and O–H groups in total. The third-order valence-corrected chi connectivity index (χ3v) is 3.82. The molecule has 0 saturated heterocycles. The Morgan fingerprint density at radius 2 is 2.00 bits per heavy atom. The standard InChI is InChI=1S/C14H13N3OS/c1-9-7-19-8-11(9)13-16-14(18-17-13)12(15)10-5-3-2-4-6-10/h2-8,12H,15H2,1H3/t12-/m0/s1. The molecule has 0 bridgehead atoms. The van der Waals surface area contributed by atoms with Crippen molar-refractivity contribution in [3.63, 3.8) is 0 Å². The van der Waals surface area contributed by atoms with E-state index in [0.717, 1.165) is 16.7 Å². The van der Waals surface area contributed by atoms with Crippen molar-refractivity contribution < 1.29 is 4.52 Å². The van der Waals surface area contributed by atoms with Crippen LogP contribution in [0.3, 0.4) is 0 Å². The minimum Gasteiger partial charge on any atom is -0.337 e. The molecule has 0 amide bonds. The molecule has 0 radical (unpaired) electrons. The van der Waals surface area contributed by atoms with Crippen molar-refractivity contribution in [2.24, 2.45) is 5.73 Å². The fourth-order valence-electron chi connectivity index (χ4n) is 1.86. The topological polar surface area (TPSA) is 64.9 Å². The first-order valence-electron chi connectivity index (χ1n) is 5.93. The van der Waals surface area contributed by atoms with Crippen LogP contribution in [0.25, 0.3) is 11.4 Å². The van der Waals surface area contributed by atoms with E-state index in [-0.39, 0.29) is 6.04 Å². The lowest BCUT2D eigenvalue weighted by atomic mass is 10.1. The monoisotopic (exact) mass is 271 g/mol. The van der Waals surface area contributed by atoms with Gasteiger partial charge in [-0.25, -0.2) is 0 Å². The van der Waals surface area contributed by atoms with Gasteiger partial charge in [0.1, 0.15) is 6.04 Å². The summed E-state index contributed by atoms with van der Waals surface area (Å²) in [5.41, 5.74) is 9.23. The molecule has 19 heavy (non-hydrogen) atoms. The minimum absolute atomic E-state index is 0.388. The molecule has 2 heterocycles. The van der Waals surface area contributed by atoms with E-state index >= 15 is 0 Å². The third-order valence-electron chi connectivity index (χ3n) is 2.96. The zero-order chi connectivity index (χ0) is 13.2. The van der Waals surface area contributed by atoms with Crippen LogP contribution in [0.1, 0.15) is 23.1 Å². The fourth-order valence-corrected chi connectivity index (χ4v) is 2.69. The van der Waals surface area contributed by atoms with Gasteiger partial charge < -0.3 is 10.3 Å². The quantitative estimate of drug-likeness (QED) is 0.794. The van der Waals surface area contributed by atoms with E-state index in [4.69, 9.17) is 10.3 Å². The molecule has 3 rings (SSSR count). The number of thiophene rings is 1. The van der Waals surface area contributed by atoms with Crippen LogP contribution in [-0.2, 0) is 0 Å². The SMILES string of the molecule is Cc1cscc1-c1noc([C@@H](N)c2ccccc2)n1. The van der Waals surface area contributed by atoms with Gasteiger partial charge in [-0.3, -0.25) is 0 Å². The van der Waals surface area contributed by atoms with Gasteiger partial charge in [-0.2, -0.15) is 16.3 Å². The van der Waals surface area contributed by atoms with E-state index in [1.54, 1.807) is 11.3 Å². The first kappa shape index (κ1) is 12.1. The van der Waals surface area contributed by atoms with Crippen LogP contribution in [0.2, 0.25) is 0 Å². The van der Waals surface area contributed by atoms with E-state index < -0.39 is 0 Å². The Bertz CT molecular complexity index is 675. The summed E-state index contributed by atoms with van der Waals surface area (Å²) >= 11 is 1.62. The van der Waals surface area contributed by atoms with Gasteiger partial charge in [-0.05, 0) is 23.4 Å². The Labute approximate surface area is 114 Å². The highest BCUT2D eigenvalue weighted by Gasteiger charge is 2.18. The summed E-state index contributed by atoms with van der Waals surface area (Å²) in [5.74, 6) is 1.03. The van der Waals surface area contributed by atoms with Crippen molar-refractivity contribution in [2.45, 2.75) is 13.0 Å². The second-order valence-electron chi connectivity index (χ2n) is 4.31. The molecule has 0 aliphatic rings. The average Bonchev–Trinajstić information content (AvgIpc) is 3.07. The molecule has 2 aromatic heterocycles. The minimum atomic E-state index is -0.388. The molecule has 0 unspecified atom stereocenters. The number of hydrogen-bond donors (Lipinski definition) is 1. The molecule has 0 saturated carbocycles. The summed E-state index contributed by atoms with van der Waals surface area (Å²) in [5, 5.41) is 8.08. The lowest BCUT2D eigenvalue weighted by Gasteiger charge is -2.05. The Hall–Kier alpha value is -1.98. The normalized spacial score (nSPS) is 12.5. The maximum Gasteiger partial charge on any atom is 0.248 e. The summed E-state index contributed by atoms with van der Waals surface area (Å²) in [4.78, 5) is 4.39. The summed E-state index contributed by atoms with van der Waals surface area (Å²) in [6.07, 6.45) is 0. The van der Waals surface area contributed by atoms with Crippen LogP contribution >= 0.6 is 11.3 Å². The molecule has 5 heteroatoms. The number of aromatic nitrogens is 2. The zero-order valence-corrected chi connectivity index (χ0v) is 11.2. The van der Waals surface area contributed by atoms with Gasteiger partial charge in [-0.1, -0.05) is 35.5 Å². The van der Waals surface area contributed by atoms with Gasteiger partial charge in [0.2, 0.25) is 11.7 Å². The summed E-state index contributed by atoms with van der Waals surface area (Å²) in [6.45, 7) is 2.03. The molecule has 0 aliphatic carbocycles. The van der Waals surface area contributed by atoms with E-state index in [9.17, 15) is 0 Å². The first-order valence-corrected chi connectivity index (χ1v) is 6.87. The van der Waals surface area contributed by atoms with Crippen LogP contribution in [0, 0.1) is 6.92 Å². The first-order chi connectivity index (χ1) is 9.25. The van der Waals surface area contributed by atoms with Crippen molar-refractivity contribution in [1.82, 2.24) is 10.1 Å². The largest absolute Gasteiger partial charge is 0.337 e. The molecule has 0 fully saturated rings. The Morgan fingerprint density at radius 1 is 1.21 bits per heavy atom. The van der Waals surface area contributed by atoms with E-state index in [1.807, 2.05) is 42.6 Å². The lowest BCUT2D eigenvalue weighted by Crippen LogP contribution is -2.11. The van der Waals surface area contributed by atoms with Gasteiger partial charge >= 0.3 is 0 Å². The lowest BCUT2D eigenvalue weighted by molar-refractivity contribution is 0.367. The molecule has 1 atom stereocenters. The second-order valence-corrected chi connectivity index (χ2v) is 5.06. The number of rotatable bonds is 3. The number of nitrogens with two attached hydrogens (primary N) is 1. The molecule has 0 spiro atoms. The number of aryl methyl sites for hydroxylation is 1. The van der Waals surface area contributed by atoms with Crippen molar-refractivity contribution in [2.75, 3.05) is 0 Å². The zero-order valence-electron chi connectivity index (χ0n) is 10.4. The van der Waals surface area contributed by atoms with Crippen molar-refractivity contribution >= 4 is 11.3 Å². The second kappa shape index (κ2) is 4.95. The summed E-state index contributed by atoms with van der Waals surface area (Å²) in [7, 11) is 0. The highest BCUT2D eigenvalue weighted by atomic mass is 32.1. The fraction of sp³-hybridized carbons (Fsp3) is 0.143. The molecular formula is C14H13N3OS. The van der Waals surface area contributed by atoms with E-state index in [0.29, 0.717) is 11.7 Å². The van der Waals surface area contributed by atoms with Crippen molar-refractivity contribution in [3.8, 4) is 11.4 Å². The molecule has 4 nitrogen and oxygen atoms in total. The average molecular weight is 271 g/mol. The van der Waals surface area contributed by atoms with Crippen molar-refractivity contribution in [1.29, 1.82) is 0 Å². The molecular weight excluding hydrogens is 258 g/mol. The molecule has 1 aromatic carbocycles. The Kier molecular flexibility index (Phi) is 3.15. The maximum atomic E-state index is 6.13. The van der Waals surface area contributed by atoms with Crippen LogP contribution in [0.15, 0.2) is 45.6 Å². The number of benzene rings is 1. The van der Waals surface area contributed by atoms with Crippen LogP contribution in [0.4, 0.5) is 0 Å². The summed E-state index contributed by atoms with van der Waals surface area (Å²) < 4.78 is 5.28. The van der Waals surface area contributed by atoms with Crippen molar-refractivity contribution in [3.05, 3.63) is 58.1 Å². The highest BCUT2D eigenvalue weighted by molar-refractivity contribution is 7.08. The maximum absolute atomic E-state index is 6.13. The van der Waals surface area contributed by atoms with Gasteiger partial charge in [-0.15, -0.1) is 0 Å². The van der Waals surface area contributed by atoms with Gasteiger partial charge in [0.05, 0.1) is 0 Å².